The van der Waals surface area contributed by atoms with Crippen molar-refractivity contribution in [3.63, 3.8) is 0 Å². The minimum atomic E-state index is -0.121. The highest BCUT2D eigenvalue weighted by Crippen LogP contribution is 2.22. The molecule has 0 aromatic rings. The first kappa shape index (κ1) is 10.2. The third-order valence-electron chi connectivity index (χ3n) is 2.81. The molecule has 0 unspecified atom stereocenters. The molecule has 72 valence electrons. The predicted octanol–water partition coefficient (Wildman–Crippen LogP) is 0.859. The molecule has 0 bridgehead atoms. The minimum absolute atomic E-state index is 0.121. The molecule has 2 nitrogen and oxygen atoms in total. The maximum Gasteiger partial charge on any atom is 0.170 e. The summed E-state index contributed by atoms with van der Waals surface area (Å²) >= 11 is 0. The summed E-state index contributed by atoms with van der Waals surface area (Å²) in [5.41, 5.74) is 0. The van der Waals surface area contributed by atoms with E-state index in [1.165, 1.54) is 32.2 Å². The molecule has 0 heterocycles. The van der Waals surface area contributed by atoms with Crippen LogP contribution in [-0.4, -0.2) is 33.5 Å². The second-order valence-corrected chi connectivity index (χ2v) is 5.23. The second kappa shape index (κ2) is 5.73. The van der Waals surface area contributed by atoms with Crippen LogP contribution in [0.4, 0.5) is 0 Å². The van der Waals surface area contributed by atoms with Crippen molar-refractivity contribution in [2.24, 2.45) is 0 Å². The SMILES string of the molecule is CCN[SiH2]N(CC)C1CCCC1. The van der Waals surface area contributed by atoms with Gasteiger partial charge in [0.05, 0.1) is 0 Å². The quantitative estimate of drug-likeness (QED) is 0.641. The van der Waals surface area contributed by atoms with Gasteiger partial charge in [0.15, 0.2) is 9.84 Å². The molecule has 0 aliphatic heterocycles. The fourth-order valence-electron chi connectivity index (χ4n) is 2.02. The van der Waals surface area contributed by atoms with Crippen molar-refractivity contribution in [3.05, 3.63) is 0 Å². The van der Waals surface area contributed by atoms with E-state index >= 15 is 0 Å². The zero-order chi connectivity index (χ0) is 8.81. The first-order valence-corrected chi connectivity index (χ1v) is 6.67. The summed E-state index contributed by atoms with van der Waals surface area (Å²) in [4.78, 5) is 3.54. The Morgan fingerprint density at radius 3 is 2.50 bits per heavy atom. The highest BCUT2D eigenvalue weighted by Gasteiger charge is 2.20. The molecule has 0 aromatic heterocycles. The molecule has 3 heteroatoms. The molecular formula is C9H22N2Si. The molecule has 1 rings (SSSR count). The van der Waals surface area contributed by atoms with E-state index in [0.717, 1.165) is 12.6 Å². The van der Waals surface area contributed by atoms with Crippen molar-refractivity contribution in [1.29, 1.82) is 0 Å². The number of nitrogens with zero attached hydrogens (tertiary/aromatic N) is 1. The average Bonchev–Trinajstić information content (AvgIpc) is 2.59. The zero-order valence-electron chi connectivity index (χ0n) is 8.47. The average molecular weight is 186 g/mol. The van der Waals surface area contributed by atoms with Crippen LogP contribution in [0.5, 0.6) is 0 Å². The zero-order valence-corrected chi connectivity index (χ0v) is 9.89. The van der Waals surface area contributed by atoms with Gasteiger partial charge < -0.3 is 9.55 Å². The fourth-order valence-corrected chi connectivity index (χ4v) is 3.38. The Morgan fingerprint density at radius 2 is 2.00 bits per heavy atom. The third-order valence-corrected chi connectivity index (χ3v) is 4.91. The van der Waals surface area contributed by atoms with E-state index in [4.69, 9.17) is 0 Å². The smallest absolute Gasteiger partial charge is 0.170 e. The Morgan fingerprint density at radius 1 is 1.33 bits per heavy atom. The van der Waals surface area contributed by atoms with Gasteiger partial charge in [0.2, 0.25) is 0 Å². The van der Waals surface area contributed by atoms with Crippen LogP contribution in [0.3, 0.4) is 0 Å². The molecule has 12 heavy (non-hydrogen) atoms. The molecule has 0 radical (unpaired) electrons. The predicted molar refractivity (Wildman–Crippen MR) is 56.9 cm³/mol. The number of rotatable bonds is 5. The van der Waals surface area contributed by atoms with Crippen molar-refractivity contribution < 1.29 is 0 Å². The van der Waals surface area contributed by atoms with Crippen LogP contribution in [-0.2, 0) is 0 Å². The highest BCUT2D eigenvalue weighted by atomic mass is 28.2. The summed E-state index contributed by atoms with van der Waals surface area (Å²) in [6.45, 7) is 6.90. The molecule has 1 aliphatic carbocycles. The van der Waals surface area contributed by atoms with Gasteiger partial charge in [0.25, 0.3) is 0 Å². The van der Waals surface area contributed by atoms with Gasteiger partial charge in [-0.3, -0.25) is 0 Å². The lowest BCUT2D eigenvalue weighted by atomic mass is 10.2. The van der Waals surface area contributed by atoms with Crippen molar-refractivity contribution >= 4 is 9.84 Å². The molecule has 0 atom stereocenters. The summed E-state index contributed by atoms with van der Waals surface area (Å²) in [6.07, 6.45) is 5.82. The van der Waals surface area contributed by atoms with Gasteiger partial charge in [-0.1, -0.05) is 26.7 Å². The van der Waals surface area contributed by atoms with E-state index in [2.05, 4.69) is 23.4 Å². The third kappa shape index (κ3) is 2.88. The normalized spacial score (nSPS) is 20.2. The van der Waals surface area contributed by atoms with Crippen LogP contribution < -0.4 is 4.98 Å². The molecule has 0 amide bonds. The van der Waals surface area contributed by atoms with Crippen molar-refractivity contribution in [3.8, 4) is 0 Å². The maximum absolute atomic E-state index is 3.54. The number of hydrogen-bond acceptors (Lipinski definition) is 2. The number of hydrogen-bond donors (Lipinski definition) is 1. The van der Waals surface area contributed by atoms with Crippen LogP contribution in [0, 0.1) is 0 Å². The molecule has 0 spiro atoms. The first-order chi connectivity index (χ1) is 5.88. The van der Waals surface area contributed by atoms with Gasteiger partial charge in [-0.15, -0.1) is 0 Å². The highest BCUT2D eigenvalue weighted by molar-refractivity contribution is 6.28. The van der Waals surface area contributed by atoms with Crippen LogP contribution in [0.25, 0.3) is 0 Å². The lowest BCUT2D eigenvalue weighted by Crippen LogP contribution is -2.43. The monoisotopic (exact) mass is 186 g/mol. The van der Waals surface area contributed by atoms with E-state index in [9.17, 15) is 0 Å². The lowest BCUT2D eigenvalue weighted by Gasteiger charge is -2.27. The summed E-state index contributed by atoms with van der Waals surface area (Å²) < 4.78 is 2.70. The van der Waals surface area contributed by atoms with Crippen LogP contribution >= 0.6 is 0 Å². The van der Waals surface area contributed by atoms with Gasteiger partial charge in [-0.2, -0.15) is 0 Å². The summed E-state index contributed by atoms with van der Waals surface area (Å²) in [5, 5.41) is 0. The molecule has 0 aromatic carbocycles. The molecule has 1 aliphatic rings. The van der Waals surface area contributed by atoms with Gasteiger partial charge in [0, 0.05) is 6.04 Å². The molecule has 1 saturated carbocycles. The van der Waals surface area contributed by atoms with E-state index in [1.807, 2.05) is 0 Å². The Kier molecular flexibility index (Phi) is 4.88. The van der Waals surface area contributed by atoms with E-state index in [0.29, 0.717) is 0 Å². The van der Waals surface area contributed by atoms with Crippen molar-refractivity contribution in [2.45, 2.75) is 45.6 Å². The topological polar surface area (TPSA) is 15.3 Å². The van der Waals surface area contributed by atoms with Gasteiger partial charge >= 0.3 is 0 Å². The molecular weight excluding hydrogens is 164 g/mol. The fraction of sp³-hybridized carbons (Fsp3) is 1.00. The van der Waals surface area contributed by atoms with Crippen LogP contribution in [0.1, 0.15) is 39.5 Å². The standard InChI is InChI=1S/C9H22N2Si/c1-3-10-12-11(4-2)9-7-5-6-8-9/h9-10H,3-8,12H2,1-2H3. The van der Waals surface area contributed by atoms with E-state index in [1.54, 1.807) is 0 Å². The van der Waals surface area contributed by atoms with Gasteiger partial charge in [0.1, 0.15) is 0 Å². The largest absolute Gasteiger partial charge is 0.331 e. The summed E-state index contributed by atoms with van der Waals surface area (Å²) in [5.74, 6) is 0. The van der Waals surface area contributed by atoms with Crippen molar-refractivity contribution in [2.75, 3.05) is 13.1 Å². The van der Waals surface area contributed by atoms with E-state index < -0.39 is 0 Å². The summed E-state index contributed by atoms with van der Waals surface area (Å²) in [7, 11) is -0.121. The Balaban J connectivity index is 2.22. The molecule has 1 fully saturated rings. The molecule has 0 saturated heterocycles. The second-order valence-electron chi connectivity index (χ2n) is 3.60. The number of nitrogens with one attached hydrogen (secondary N) is 1. The lowest BCUT2D eigenvalue weighted by molar-refractivity contribution is 0.344. The summed E-state index contributed by atoms with van der Waals surface area (Å²) in [6, 6.07) is 0.931. The van der Waals surface area contributed by atoms with E-state index in [-0.39, 0.29) is 9.84 Å². The Hall–Kier alpha value is 0.137. The van der Waals surface area contributed by atoms with Gasteiger partial charge in [-0.05, 0) is 25.9 Å². The Bertz CT molecular complexity index is 113. The maximum atomic E-state index is 3.54. The molecule has 1 N–H and O–H groups in total. The Labute approximate surface area is 78.7 Å². The van der Waals surface area contributed by atoms with Crippen LogP contribution in [0.15, 0.2) is 0 Å². The first-order valence-electron chi connectivity index (χ1n) is 5.33. The van der Waals surface area contributed by atoms with Crippen molar-refractivity contribution in [1.82, 2.24) is 9.55 Å². The van der Waals surface area contributed by atoms with Gasteiger partial charge in [-0.25, -0.2) is 0 Å². The van der Waals surface area contributed by atoms with Crippen LogP contribution in [0.2, 0.25) is 0 Å². The minimum Gasteiger partial charge on any atom is -0.331 e.